The number of hydrogen-bond acceptors (Lipinski definition) is 3. The van der Waals surface area contributed by atoms with E-state index in [-0.39, 0.29) is 0 Å². The number of para-hydroxylation sites is 1. The molecule has 3 nitrogen and oxygen atoms in total. The third-order valence-corrected chi connectivity index (χ3v) is 2.51. The van der Waals surface area contributed by atoms with Crippen molar-refractivity contribution in [1.29, 1.82) is 0 Å². The fourth-order valence-electron chi connectivity index (χ4n) is 1.63. The van der Waals surface area contributed by atoms with Gasteiger partial charge in [0.2, 0.25) is 0 Å². The minimum atomic E-state index is 0.637. The molecule has 0 aliphatic rings. The van der Waals surface area contributed by atoms with Gasteiger partial charge in [0.15, 0.2) is 0 Å². The molecule has 1 N–H and O–H groups in total. The average Bonchev–Trinajstić information content (AvgIpc) is 2.88. The Morgan fingerprint density at radius 1 is 1.18 bits per heavy atom. The van der Waals surface area contributed by atoms with E-state index < -0.39 is 0 Å². The first-order chi connectivity index (χ1) is 8.40. The minimum absolute atomic E-state index is 0.637. The number of furan rings is 1. The van der Waals surface area contributed by atoms with E-state index in [1.165, 1.54) is 5.56 Å². The molecule has 0 aliphatic carbocycles. The van der Waals surface area contributed by atoms with Crippen LogP contribution >= 0.6 is 0 Å². The van der Waals surface area contributed by atoms with Crippen LogP contribution in [0, 0.1) is 0 Å². The van der Waals surface area contributed by atoms with E-state index in [4.69, 9.17) is 9.15 Å². The number of nitrogens with one attached hydrogen (secondary N) is 1. The molecule has 0 saturated carbocycles. The highest BCUT2D eigenvalue weighted by Gasteiger charge is 2.02. The van der Waals surface area contributed by atoms with Gasteiger partial charge in [0.1, 0.15) is 5.76 Å². The summed E-state index contributed by atoms with van der Waals surface area (Å²) >= 11 is 0. The standard InChI is InChI=1S/C14H17NO2/c1-2-16-11-12-6-3-4-8-14(12)15-10-13-7-5-9-17-13/h3-9,15H,2,10-11H2,1H3. The van der Waals surface area contributed by atoms with E-state index in [2.05, 4.69) is 17.4 Å². The molecule has 0 aliphatic heterocycles. The lowest BCUT2D eigenvalue weighted by Gasteiger charge is -2.10. The van der Waals surface area contributed by atoms with Gasteiger partial charge >= 0.3 is 0 Å². The highest BCUT2D eigenvalue weighted by molar-refractivity contribution is 5.50. The van der Waals surface area contributed by atoms with Crippen molar-refractivity contribution < 1.29 is 9.15 Å². The molecule has 0 spiro atoms. The zero-order chi connectivity index (χ0) is 11.9. The quantitative estimate of drug-likeness (QED) is 0.827. The molecule has 2 rings (SSSR count). The Morgan fingerprint density at radius 3 is 2.82 bits per heavy atom. The van der Waals surface area contributed by atoms with Crippen molar-refractivity contribution in [2.24, 2.45) is 0 Å². The van der Waals surface area contributed by atoms with Crippen LogP contribution in [0.15, 0.2) is 47.1 Å². The molecule has 0 unspecified atom stereocenters. The number of anilines is 1. The Kier molecular flexibility index (Phi) is 4.22. The van der Waals surface area contributed by atoms with Crippen LogP contribution in [0.4, 0.5) is 5.69 Å². The second-order valence-electron chi connectivity index (χ2n) is 3.73. The van der Waals surface area contributed by atoms with Gasteiger partial charge in [0.25, 0.3) is 0 Å². The van der Waals surface area contributed by atoms with Crippen LogP contribution < -0.4 is 5.32 Å². The van der Waals surface area contributed by atoms with Crippen molar-refractivity contribution in [3.63, 3.8) is 0 Å². The predicted octanol–water partition coefficient (Wildman–Crippen LogP) is 3.43. The van der Waals surface area contributed by atoms with Crippen molar-refractivity contribution >= 4 is 5.69 Å². The summed E-state index contributed by atoms with van der Waals surface area (Å²) < 4.78 is 10.7. The van der Waals surface area contributed by atoms with Gasteiger partial charge in [-0.2, -0.15) is 0 Å². The molecule has 0 saturated heterocycles. The van der Waals surface area contributed by atoms with Gasteiger partial charge in [-0.3, -0.25) is 0 Å². The van der Waals surface area contributed by atoms with Gasteiger partial charge in [-0.25, -0.2) is 0 Å². The second kappa shape index (κ2) is 6.11. The van der Waals surface area contributed by atoms with Crippen molar-refractivity contribution in [2.45, 2.75) is 20.1 Å². The fourth-order valence-corrected chi connectivity index (χ4v) is 1.63. The molecule has 0 bridgehead atoms. The summed E-state index contributed by atoms with van der Waals surface area (Å²) in [7, 11) is 0. The maximum atomic E-state index is 5.43. The largest absolute Gasteiger partial charge is 0.467 e. The van der Waals surface area contributed by atoms with Crippen LogP contribution in [-0.2, 0) is 17.9 Å². The number of ether oxygens (including phenoxy) is 1. The first-order valence-electron chi connectivity index (χ1n) is 5.82. The van der Waals surface area contributed by atoms with Crippen LogP contribution in [0.25, 0.3) is 0 Å². The summed E-state index contributed by atoms with van der Waals surface area (Å²) in [6, 6.07) is 12.0. The van der Waals surface area contributed by atoms with E-state index in [0.29, 0.717) is 13.2 Å². The van der Waals surface area contributed by atoms with Crippen LogP contribution in [-0.4, -0.2) is 6.61 Å². The third kappa shape index (κ3) is 3.36. The summed E-state index contributed by atoms with van der Waals surface area (Å²) in [6.07, 6.45) is 1.68. The van der Waals surface area contributed by atoms with E-state index >= 15 is 0 Å². The third-order valence-electron chi connectivity index (χ3n) is 2.51. The lowest BCUT2D eigenvalue weighted by atomic mass is 10.2. The first-order valence-corrected chi connectivity index (χ1v) is 5.82. The van der Waals surface area contributed by atoms with Gasteiger partial charge in [-0.1, -0.05) is 18.2 Å². The summed E-state index contributed by atoms with van der Waals surface area (Å²) in [5, 5.41) is 3.35. The Morgan fingerprint density at radius 2 is 2.06 bits per heavy atom. The molecule has 2 aromatic rings. The van der Waals surface area contributed by atoms with Gasteiger partial charge in [0, 0.05) is 17.9 Å². The summed E-state index contributed by atoms with van der Waals surface area (Å²) in [4.78, 5) is 0. The van der Waals surface area contributed by atoms with Crippen LogP contribution in [0.3, 0.4) is 0 Å². The summed E-state index contributed by atoms with van der Waals surface area (Å²) in [6.45, 7) is 4.05. The Balaban J connectivity index is 1.99. The van der Waals surface area contributed by atoms with Gasteiger partial charge in [-0.15, -0.1) is 0 Å². The molecule has 3 heteroatoms. The Hall–Kier alpha value is -1.74. The maximum absolute atomic E-state index is 5.43. The van der Waals surface area contributed by atoms with Gasteiger partial charge < -0.3 is 14.5 Å². The summed E-state index contributed by atoms with van der Waals surface area (Å²) in [5.74, 6) is 0.927. The van der Waals surface area contributed by atoms with Crippen molar-refractivity contribution in [3.8, 4) is 0 Å². The molecule has 0 atom stereocenters. The Bertz CT molecular complexity index is 437. The van der Waals surface area contributed by atoms with Crippen LogP contribution in [0.2, 0.25) is 0 Å². The lowest BCUT2D eigenvalue weighted by molar-refractivity contribution is 0.134. The normalized spacial score (nSPS) is 10.4. The van der Waals surface area contributed by atoms with Gasteiger partial charge in [0.05, 0.1) is 19.4 Å². The average molecular weight is 231 g/mol. The van der Waals surface area contributed by atoms with Crippen molar-refractivity contribution in [1.82, 2.24) is 0 Å². The van der Waals surface area contributed by atoms with E-state index in [9.17, 15) is 0 Å². The molecule has 17 heavy (non-hydrogen) atoms. The van der Waals surface area contributed by atoms with E-state index in [0.717, 1.165) is 18.1 Å². The molecule has 1 heterocycles. The smallest absolute Gasteiger partial charge is 0.122 e. The summed E-state index contributed by atoms with van der Waals surface area (Å²) in [5.41, 5.74) is 2.26. The maximum Gasteiger partial charge on any atom is 0.122 e. The number of hydrogen-bond donors (Lipinski definition) is 1. The van der Waals surface area contributed by atoms with Crippen molar-refractivity contribution in [3.05, 3.63) is 54.0 Å². The fraction of sp³-hybridized carbons (Fsp3) is 0.286. The topological polar surface area (TPSA) is 34.4 Å². The highest BCUT2D eigenvalue weighted by Crippen LogP contribution is 2.17. The van der Waals surface area contributed by atoms with Crippen LogP contribution in [0.1, 0.15) is 18.2 Å². The molecule has 1 aromatic heterocycles. The zero-order valence-electron chi connectivity index (χ0n) is 9.98. The lowest BCUT2D eigenvalue weighted by Crippen LogP contribution is -2.02. The Labute approximate surface area is 101 Å². The van der Waals surface area contributed by atoms with Gasteiger partial charge in [-0.05, 0) is 25.1 Å². The molecule has 90 valence electrons. The monoisotopic (exact) mass is 231 g/mol. The highest BCUT2D eigenvalue weighted by atomic mass is 16.5. The molecular formula is C14H17NO2. The SMILES string of the molecule is CCOCc1ccccc1NCc1ccco1. The molecule has 1 aromatic carbocycles. The number of benzene rings is 1. The van der Waals surface area contributed by atoms with Crippen molar-refractivity contribution in [2.75, 3.05) is 11.9 Å². The second-order valence-corrected chi connectivity index (χ2v) is 3.73. The van der Waals surface area contributed by atoms with E-state index in [1.54, 1.807) is 6.26 Å². The zero-order valence-corrected chi connectivity index (χ0v) is 9.98. The predicted molar refractivity (Wildman–Crippen MR) is 67.8 cm³/mol. The van der Waals surface area contributed by atoms with E-state index in [1.807, 2.05) is 31.2 Å². The molecule has 0 amide bonds. The molecular weight excluding hydrogens is 214 g/mol. The molecule has 0 radical (unpaired) electrons. The minimum Gasteiger partial charge on any atom is -0.467 e. The number of rotatable bonds is 6. The van der Waals surface area contributed by atoms with Crippen LogP contribution in [0.5, 0.6) is 0 Å². The first kappa shape index (κ1) is 11.7. The molecule has 0 fully saturated rings.